The smallest absolute Gasteiger partial charge is 0.152 e. The van der Waals surface area contributed by atoms with Gasteiger partial charge in [0.2, 0.25) is 0 Å². The number of hydrogen-bond acceptors (Lipinski definition) is 2. The van der Waals surface area contributed by atoms with Crippen LogP contribution in [0, 0.1) is 5.82 Å². The Balaban J connectivity index is 2.03. The molecular weight excluding hydrogens is 321 g/mol. The molecule has 0 saturated heterocycles. The Morgan fingerprint density at radius 2 is 2.10 bits per heavy atom. The number of hydrogen-bond donors (Lipinski definition) is 0. The first-order valence-corrected chi connectivity index (χ1v) is 7.31. The molecule has 2 aromatic heterocycles. The van der Waals surface area contributed by atoms with Gasteiger partial charge in [0.25, 0.3) is 0 Å². The molecule has 2 heterocycles. The Morgan fingerprint density at radius 1 is 1.25 bits per heavy atom. The van der Waals surface area contributed by atoms with E-state index in [0.717, 1.165) is 28.3 Å². The molecule has 1 aromatic carbocycles. The first-order valence-electron chi connectivity index (χ1n) is 6.51. The lowest BCUT2D eigenvalue weighted by molar-refractivity contribution is 0.621. The average molecular weight is 332 g/mol. The number of aromatic nitrogens is 3. The molecule has 0 bridgehead atoms. The number of halogens is 2. The van der Waals surface area contributed by atoms with Crippen molar-refractivity contribution >= 4 is 27.0 Å². The van der Waals surface area contributed by atoms with Crippen LogP contribution in [0.1, 0.15) is 18.9 Å². The van der Waals surface area contributed by atoms with Gasteiger partial charge in [-0.05, 0) is 37.1 Å². The monoisotopic (exact) mass is 331 g/mol. The maximum Gasteiger partial charge on any atom is 0.152 e. The molecule has 0 N–H and O–H groups in total. The van der Waals surface area contributed by atoms with E-state index in [9.17, 15) is 4.39 Å². The molecule has 3 aromatic rings. The van der Waals surface area contributed by atoms with Gasteiger partial charge in [0.05, 0.1) is 22.8 Å². The zero-order valence-corrected chi connectivity index (χ0v) is 12.1. The van der Waals surface area contributed by atoms with Crippen LogP contribution in [0.5, 0.6) is 0 Å². The maximum atomic E-state index is 14.0. The summed E-state index contributed by atoms with van der Waals surface area (Å²) in [5, 5.41) is 0. The number of pyridine rings is 1. The van der Waals surface area contributed by atoms with Gasteiger partial charge in [0.1, 0.15) is 5.82 Å². The fourth-order valence-corrected chi connectivity index (χ4v) is 2.87. The van der Waals surface area contributed by atoms with Gasteiger partial charge in [0.15, 0.2) is 5.82 Å². The topological polar surface area (TPSA) is 30.7 Å². The molecule has 0 unspecified atom stereocenters. The average Bonchev–Trinajstić information content (AvgIpc) is 3.20. The Labute approximate surface area is 123 Å². The van der Waals surface area contributed by atoms with Crippen LogP contribution in [0.15, 0.2) is 41.1 Å². The van der Waals surface area contributed by atoms with Crippen LogP contribution in [-0.2, 0) is 0 Å². The van der Waals surface area contributed by atoms with Crippen LogP contribution < -0.4 is 0 Å². The number of benzene rings is 1. The van der Waals surface area contributed by atoms with Crippen LogP contribution in [0.4, 0.5) is 4.39 Å². The van der Waals surface area contributed by atoms with Gasteiger partial charge in [-0.2, -0.15) is 0 Å². The molecule has 3 nitrogen and oxygen atoms in total. The molecule has 1 saturated carbocycles. The lowest BCUT2D eigenvalue weighted by Gasteiger charge is -2.08. The minimum Gasteiger partial charge on any atom is -0.321 e. The van der Waals surface area contributed by atoms with E-state index in [0.29, 0.717) is 17.4 Å². The molecule has 100 valence electrons. The minimum absolute atomic E-state index is 0.330. The van der Waals surface area contributed by atoms with Crippen molar-refractivity contribution in [2.45, 2.75) is 18.9 Å². The van der Waals surface area contributed by atoms with Gasteiger partial charge < -0.3 is 4.57 Å². The number of fused-ring (bicyclic) bond motifs is 1. The van der Waals surface area contributed by atoms with Crippen molar-refractivity contribution in [3.05, 3.63) is 46.9 Å². The highest BCUT2D eigenvalue weighted by Gasteiger charge is 2.29. The zero-order valence-electron chi connectivity index (χ0n) is 10.6. The van der Waals surface area contributed by atoms with E-state index in [-0.39, 0.29) is 5.82 Å². The van der Waals surface area contributed by atoms with E-state index < -0.39 is 0 Å². The van der Waals surface area contributed by atoms with Gasteiger partial charge in [-0.1, -0.05) is 15.9 Å². The van der Waals surface area contributed by atoms with Gasteiger partial charge in [-0.15, -0.1) is 0 Å². The van der Waals surface area contributed by atoms with E-state index in [2.05, 4.69) is 30.5 Å². The first-order chi connectivity index (χ1) is 9.74. The maximum absolute atomic E-state index is 14.0. The molecule has 20 heavy (non-hydrogen) atoms. The van der Waals surface area contributed by atoms with E-state index in [1.807, 2.05) is 18.2 Å². The van der Waals surface area contributed by atoms with Crippen LogP contribution in [0.2, 0.25) is 0 Å². The van der Waals surface area contributed by atoms with Gasteiger partial charge in [-0.25, -0.2) is 9.37 Å². The molecule has 1 fully saturated rings. The second-order valence-corrected chi connectivity index (χ2v) is 5.94. The molecule has 0 aliphatic heterocycles. The number of rotatable bonds is 2. The molecule has 1 aliphatic rings. The quantitative estimate of drug-likeness (QED) is 0.699. The molecule has 5 heteroatoms. The van der Waals surface area contributed by atoms with Crippen molar-refractivity contribution < 1.29 is 4.39 Å². The third kappa shape index (κ3) is 1.85. The normalized spacial score (nSPS) is 14.9. The van der Waals surface area contributed by atoms with Gasteiger partial charge in [0, 0.05) is 16.7 Å². The highest BCUT2D eigenvalue weighted by Crippen LogP contribution is 2.41. The summed E-state index contributed by atoms with van der Waals surface area (Å²) in [4.78, 5) is 8.44. The van der Waals surface area contributed by atoms with Crippen molar-refractivity contribution in [1.82, 2.24) is 14.5 Å². The van der Waals surface area contributed by atoms with Crippen LogP contribution >= 0.6 is 15.9 Å². The summed E-state index contributed by atoms with van der Waals surface area (Å²) >= 11 is 3.46. The lowest BCUT2D eigenvalue weighted by Crippen LogP contribution is -1.99. The molecule has 4 rings (SSSR count). The minimum atomic E-state index is -0.330. The zero-order chi connectivity index (χ0) is 13.7. The molecular formula is C15H11BrFN3. The Bertz CT molecular complexity index is 808. The third-order valence-corrected chi connectivity index (χ3v) is 4.07. The van der Waals surface area contributed by atoms with Crippen molar-refractivity contribution in [2.24, 2.45) is 0 Å². The van der Waals surface area contributed by atoms with Crippen LogP contribution in [0.25, 0.3) is 22.4 Å². The lowest BCUT2D eigenvalue weighted by atomic mass is 10.2. The van der Waals surface area contributed by atoms with Gasteiger partial charge >= 0.3 is 0 Å². The van der Waals surface area contributed by atoms with E-state index in [1.54, 1.807) is 12.3 Å². The van der Waals surface area contributed by atoms with Crippen molar-refractivity contribution in [2.75, 3.05) is 0 Å². The predicted molar refractivity (Wildman–Crippen MR) is 78.9 cm³/mol. The summed E-state index contributed by atoms with van der Waals surface area (Å²) in [7, 11) is 0. The highest BCUT2D eigenvalue weighted by molar-refractivity contribution is 9.10. The van der Waals surface area contributed by atoms with Crippen molar-refractivity contribution in [1.29, 1.82) is 0 Å². The largest absolute Gasteiger partial charge is 0.321 e. The summed E-state index contributed by atoms with van der Waals surface area (Å²) in [5.41, 5.74) is 2.46. The molecule has 0 radical (unpaired) electrons. The molecule has 0 atom stereocenters. The van der Waals surface area contributed by atoms with E-state index in [4.69, 9.17) is 0 Å². The second-order valence-electron chi connectivity index (χ2n) is 5.03. The Morgan fingerprint density at radius 3 is 2.85 bits per heavy atom. The summed E-state index contributed by atoms with van der Waals surface area (Å²) in [6, 6.07) is 8.12. The number of nitrogens with zero attached hydrogens (tertiary/aromatic N) is 3. The van der Waals surface area contributed by atoms with Crippen molar-refractivity contribution in [3.8, 4) is 11.4 Å². The summed E-state index contributed by atoms with van der Waals surface area (Å²) in [6.07, 6.45) is 5.09. The fourth-order valence-electron chi connectivity index (χ4n) is 2.52. The Hall–Kier alpha value is -1.75. The molecule has 0 amide bonds. The predicted octanol–water partition coefficient (Wildman–Crippen LogP) is 4.33. The summed E-state index contributed by atoms with van der Waals surface area (Å²) in [5.74, 6) is 0.365. The van der Waals surface area contributed by atoms with Gasteiger partial charge in [-0.3, -0.25) is 4.98 Å². The standard InChI is InChI=1S/C15H11BrFN3/c16-9-1-4-14-13(7-9)19-15(20(14)10-2-3-10)11-5-6-18-8-12(11)17/h1,4-8,10H,2-3H2. The summed E-state index contributed by atoms with van der Waals surface area (Å²) in [6.45, 7) is 0. The Kier molecular flexibility index (Phi) is 2.63. The van der Waals surface area contributed by atoms with Crippen LogP contribution in [0.3, 0.4) is 0 Å². The van der Waals surface area contributed by atoms with E-state index in [1.165, 1.54) is 6.20 Å². The van der Waals surface area contributed by atoms with E-state index >= 15 is 0 Å². The fraction of sp³-hybridized carbons (Fsp3) is 0.200. The first kappa shape index (κ1) is 12.0. The van der Waals surface area contributed by atoms with Crippen LogP contribution in [-0.4, -0.2) is 14.5 Å². The second kappa shape index (κ2) is 4.38. The van der Waals surface area contributed by atoms with Crippen molar-refractivity contribution in [3.63, 3.8) is 0 Å². The molecule has 0 spiro atoms. The SMILES string of the molecule is Fc1cnccc1-c1nc2cc(Br)ccc2n1C1CC1. The highest BCUT2D eigenvalue weighted by atomic mass is 79.9. The summed E-state index contributed by atoms with van der Waals surface area (Å²) < 4.78 is 17.2. The number of imidazole rings is 1. The third-order valence-electron chi connectivity index (χ3n) is 3.58. The molecule has 1 aliphatic carbocycles.